The highest BCUT2D eigenvalue weighted by Crippen LogP contribution is 2.20. The van der Waals surface area contributed by atoms with Crippen LogP contribution in [0.1, 0.15) is 6.42 Å². The highest BCUT2D eigenvalue weighted by Gasteiger charge is 2.13. The maximum atomic E-state index is 11.0. The Kier molecular flexibility index (Phi) is 1.67. The Morgan fingerprint density at radius 2 is 2.08 bits per heavy atom. The van der Waals surface area contributed by atoms with E-state index in [1.54, 1.807) is 24.5 Å². The molecule has 60 valence electrons. The quantitative estimate of drug-likeness (QED) is 0.540. The van der Waals surface area contributed by atoms with Gasteiger partial charge < -0.3 is 4.74 Å². The molecule has 2 aliphatic rings. The van der Waals surface area contributed by atoms with Crippen molar-refractivity contribution in [1.29, 1.82) is 0 Å². The third kappa shape index (κ3) is 1.23. The standard InChI is InChI=1S/C10H8O2/c11-9-5-4-8-3-1-2-6-12-10(8)7-9/h1-6H,7H2. The van der Waals surface area contributed by atoms with E-state index in [9.17, 15) is 4.79 Å². The first-order chi connectivity index (χ1) is 5.86. The Morgan fingerprint density at radius 1 is 1.17 bits per heavy atom. The average Bonchev–Trinajstić information content (AvgIpc) is 2.28. The molecule has 0 aromatic rings. The molecule has 0 N–H and O–H groups in total. The number of ketones is 1. The van der Waals surface area contributed by atoms with Gasteiger partial charge in [-0.2, -0.15) is 0 Å². The zero-order valence-corrected chi connectivity index (χ0v) is 6.49. The summed E-state index contributed by atoms with van der Waals surface area (Å²) < 4.78 is 5.24. The first-order valence-electron chi connectivity index (χ1n) is 3.80. The number of allylic oxidation sites excluding steroid dienone is 7. The molecule has 0 bridgehead atoms. The van der Waals surface area contributed by atoms with Crippen molar-refractivity contribution in [3.63, 3.8) is 0 Å². The van der Waals surface area contributed by atoms with Gasteiger partial charge in [0.2, 0.25) is 0 Å². The van der Waals surface area contributed by atoms with Gasteiger partial charge in [0.25, 0.3) is 0 Å². The summed E-state index contributed by atoms with van der Waals surface area (Å²) in [7, 11) is 0. The number of hydrogen-bond acceptors (Lipinski definition) is 2. The van der Waals surface area contributed by atoms with Crippen molar-refractivity contribution in [2.24, 2.45) is 0 Å². The van der Waals surface area contributed by atoms with Gasteiger partial charge in [-0.25, -0.2) is 0 Å². The summed E-state index contributed by atoms with van der Waals surface area (Å²) in [6.45, 7) is 0. The molecule has 0 radical (unpaired) electrons. The fourth-order valence-corrected chi connectivity index (χ4v) is 1.18. The molecule has 2 nitrogen and oxygen atoms in total. The van der Waals surface area contributed by atoms with Crippen molar-refractivity contribution in [1.82, 2.24) is 0 Å². The van der Waals surface area contributed by atoms with E-state index < -0.39 is 0 Å². The minimum Gasteiger partial charge on any atom is -0.468 e. The van der Waals surface area contributed by atoms with Gasteiger partial charge in [-0.15, -0.1) is 0 Å². The van der Waals surface area contributed by atoms with Gasteiger partial charge in [0.1, 0.15) is 5.76 Å². The summed E-state index contributed by atoms with van der Waals surface area (Å²) in [5.74, 6) is 0.838. The van der Waals surface area contributed by atoms with Crippen LogP contribution in [-0.4, -0.2) is 5.78 Å². The Morgan fingerprint density at radius 3 is 3.00 bits per heavy atom. The number of ether oxygens (including phenoxy) is 1. The third-order valence-electron chi connectivity index (χ3n) is 1.78. The fraction of sp³-hybridized carbons (Fsp3) is 0.100. The zero-order chi connectivity index (χ0) is 8.39. The summed E-state index contributed by atoms with van der Waals surface area (Å²) >= 11 is 0. The normalized spacial score (nSPS) is 20.5. The van der Waals surface area contributed by atoms with E-state index in [1.165, 1.54) is 0 Å². The predicted molar refractivity (Wildman–Crippen MR) is 45.2 cm³/mol. The molecule has 0 aromatic heterocycles. The summed E-state index contributed by atoms with van der Waals surface area (Å²) in [4.78, 5) is 11.0. The number of rotatable bonds is 0. The van der Waals surface area contributed by atoms with E-state index in [4.69, 9.17) is 4.74 Å². The first-order valence-corrected chi connectivity index (χ1v) is 3.80. The van der Waals surface area contributed by atoms with Crippen molar-refractivity contribution < 1.29 is 9.53 Å². The lowest BCUT2D eigenvalue weighted by Gasteiger charge is -2.09. The Hall–Kier alpha value is -1.57. The molecule has 1 heterocycles. The molecule has 1 aliphatic heterocycles. The van der Waals surface area contributed by atoms with Crippen molar-refractivity contribution in [2.75, 3.05) is 0 Å². The summed E-state index contributed by atoms with van der Waals surface area (Å²) in [6.07, 6.45) is 11.0. The average molecular weight is 160 g/mol. The van der Waals surface area contributed by atoms with Gasteiger partial charge in [0.05, 0.1) is 12.7 Å². The molecule has 0 aromatic carbocycles. The molecule has 2 rings (SSSR count). The molecule has 12 heavy (non-hydrogen) atoms. The van der Waals surface area contributed by atoms with Gasteiger partial charge in [-0.1, -0.05) is 12.2 Å². The second-order valence-corrected chi connectivity index (χ2v) is 2.66. The second kappa shape index (κ2) is 2.81. The van der Waals surface area contributed by atoms with Crippen LogP contribution >= 0.6 is 0 Å². The summed E-state index contributed by atoms with van der Waals surface area (Å²) in [6, 6.07) is 0. The van der Waals surface area contributed by atoms with Gasteiger partial charge >= 0.3 is 0 Å². The van der Waals surface area contributed by atoms with Crippen molar-refractivity contribution in [2.45, 2.75) is 6.42 Å². The predicted octanol–water partition coefficient (Wildman–Crippen LogP) is 1.87. The van der Waals surface area contributed by atoms with Crippen LogP contribution in [0, 0.1) is 0 Å². The van der Waals surface area contributed by atoms with Crippen LogP contribution in [0.15, 0.2) is 48.0 Å². The van der Waals surface area contributed by atoms with E-state index in [0.29, 0.717) is 6.42 Å². The van der Waals surface area contributed by atoms with Gasteiger partial charge in [0.15, 0.2) is 5.78 Å². The topological polar surface area (TPSA) is 26.3 Å². The molecule has 0 atom stereocenters. The van der Waals surface area contributed by atoms with Crippen LogP contribution in [0.25, 0.3) is 0 Å². The number of hydrogen-bond donors (Lipinski definition) is 0. The molecule has 0 saturated carbocycles. The highest BCUT2D eigenvalue weighted by molar-refractivity contribution is 5.93. The van der Waals surface area contributed by atoms with Gasteiger partial charge in [-0.3, -0.25) is 4.79 Å². The lowest BCUT2D eigenvalue weighted by Crippen LogP contribution is -2.03. The molecule has 1 aliphatic carbocycles. The smallest absolute Gasteiger partial charge is 0.163 e. The Balaban J connectivity index is 2.36. The maximum absolute atomic E-state index is 11.0. The van der Waals surface area contributed by atoms with Crippen molar-refractivity contribution in [3.8, 4) is 0 Å². The molecule has 0 unspecified atom stereocenters. The molecular weight excluding hydrogens is 152 g/mol. The SMILES string of the molecule is O=C1C=CC2=C(C1)OC=CC=C2. The van der Waals surface area contributed by atoms with Gasteiger partial charge in [0, 0.05) is 5.57 Å². The van der Waals surface area contributed by atoms with Crippen LogP contribution < -0.4 is 0 Å². The summed E-state index contributed by atoms with van der Waals surface area (Å²) in [5.41, 5.74) is 0.986. The Bertz CT molecular complexity index is 330. The molecule has 2 heteroatoms. The highest BCUT2D eigenvalue weighted by atomic mass is 16.5. The van der Waals surface area contributed by atoms with Crippen LogP contribution in [0.2, 0.25) is 0 Å². The van der Waals surface area contributed by atoms with Gasteiger partial charge in [-0.05, 0) is 18.2 Å². The molecule has 0 spiro atoms. The maximum Gasteiger partial charge on any atom is 0.163 e. The minimum absolute atomic E-state index is 0.0949. The zero-order valence-electron chi connectivity index (χ0n) is 6.49. The lowest BCUT2D eigenvalue weighted by atomic mass is 10.0. The van der Waals surface area contributed by atoms with E-state index in [0.717, 1.165) is 11.3 Å². The Labute approximate surface area is 70.5 Å². The molecule has 0 fully saturated rings. The minimum atomic E-state index is 0.0949. The number of carbonyl (C=O) groups excluding carboxylic acids is 1. The van der Waals surface area contributed by atoms with E-state index >= 15 is 0 Å². The van der Waals surface area contributed by atoms with E-state index in [2.05, 4.69) is 0 Å². The van der Waals surface area contributed by atoms with E-state index in [1.807, 2.05) is 12.2 Å². The van der Waals surface area contributed by atoms with E-state index in [-0.39, 0.29) is 5.78 Å². The molecule has 0 saturated heterocycles. The van der Waals surface area contributed by atoms with Crippen LogP contribution in [0.5, 0.6) is 0 Å². The van der Waals surface area contributed by atoms with Crippen LogP contribution in [0.4, 0.5) is 0 Å². The first kappa shape index (κ1) is 7.10. The lowest BCUT2D eigenvalue weighted by molar-refractivity contribution is -0.114. The monoisotopic (exact) mass is 160 g/mol. The van der Waals surface area contributed by atoms with Crippen LogP contribution in [-0.2, 0) is 9.53 Å². The largest absolute Gasteiger partial charge is 0.468 e. The number of carbonyl (C=O) groups is 1. The van der Waals surface area contributed by atoms with Crippen molar-refractivity contribution >= 4 is 5.78 Å². The third-order valence-corrected chi connectivity index (χ3v) is 1.78. The summed E-state index contributed by atoms with van der Waals surface area (Å²) in [5, 5.41) is 0. The second-order valence-electron chi connectivity index (χ2n) is 2.66. The fourth-order valence-electron chi connectivity index (χ4n) is 1.18. The molecular formula is C10H8O2. The molecule has 0 amide bonds. The van der Waals surface area contributed by atoms with Crippen LogP contribution in [0.3, 0.4) is 0 Å². The van der Waals surface area contributed by atoms with Crippen molar-refractivity contribution in [3.05, 3.63) is 48.0 Å².